The van der Waals surface area contributed by atoms with Crippen molar-refractivity contribution in [3.63, 3.8) is 0 Å². The Kier molecular flexibility index (Phi) is 5.13. The van der Waals surface area contributed by atoms with E-state index in [2.05, 4.69) is 17.1 Å². The Morgan fingerprint density at radius 1 is 1.19 bits per heavy atom. The second kappa shape index (κ2) is 7.83. The fraction of sp³-hybridized carbons (Fsp3) is 0.520. The molecule has 0 aliphatic heterocycles. The van der Waals surface area contributed by atoms with Gasteiger partial charge in [-0.3, -0.25) is 4.98 Å². The molecule has 31 heavy (non-hydrogen) atoms. The zero-order valence-electron chi connectivity index (χ0n) is 18.1. The molecular weight excluding hydrogens is 392 g/mol. The molecule has 0 saturated heterocycles. The van der Waals surface area contributed by atoms with Crippen molar-refractivity contribution in [1.82, 2.24) is 4.98 Å². The number of aliphatic hydroxyl groups excluding tert-OH is 1. The molecule has 2 fully saturated rings. The molecule has 0 bridgehead atoms. The van der Waals surface area contributed by atoms with E-state index in [-0.39, 0.29) is 17.3 Å². The average Bonchev–Trinajstić information content (AvgIpc) is 3.09. The number of phenolic OH excluding ortho intramolecular Hbond substituents is 1. The standard InChI is InChI=1S/C25H30N2O4/c1-25-8-5-16-17-13-23(30-2)22(28)12-19(17)21(11-18(16)20(25)3-4-24(25)29)27-31-14-15-6-9-26-10-7-15/h6-7,9-10,12-13,16,18,20,24,28-29H,3-5,8,11,14H2,1-2H3/t16-,18-,20+,24?,25+/m1/s1. The van der Waals surface area contributed by atoms with Crippen LogP contribution in [0.25, 0.3) is 0 Å². The summed E-state index contributed by atoms with van der Waals surface area (Å²) in [7, 11) is 1.58. The molecule has 3 aliphatic carbocycles. The van der Waals surface area contributed by atoms with Gasteiger partial charge in [0.15, 0.2) is 11.5 Å². The summed E-state index contributed by atoms with van der Waals surface area (Å²) >= 11 is 0. The molecule has 2 saturated carbocycles. The fourth-order valence-corrected chi connectivity index (χ4v) is 6.32. The summed E-state index contributed by atoms with van der Waals surface area (Å²) in [6.07, 6.45) is 8.03. The summed E-state index contributed by atoms with van der Waals surface area (Å²) in [4.78, 5) is 9.78. The van der Waals surface area contributed by atoms with Gasteiger partial charge in [-0.25, -0.2) is 0 Å². The Morgan fingerprint density at radius 3 is 2.77 bits per heavy atom. The van der Waals surface area contributed by atoms with Crippen LogP contribution in [0.2, 0.25) is 0 Å². The summed E-state index contributed by atoms with van der Waals surface area (Å²) in [5.41, 5.74) is 3.99. The van der Waals surface area contributed by atoms with Crippen LogP contribution >= 0.6 is 0 Å². The second-order valence-electron chi connectivity index (χ2n) is 9.50. The molecule has 2 aromatic rings. The number of methoxy groups -OCH3 is 1. The van der Waals surface area contributed by atoms with E-state index < -0.39 is 0 Å². The zero-order chi connectivity index (χ0) is 21.6. The second-order valence-corrected chi connectivity index (χ2v) is 9.50. The maximum atomic E-state index is 10.7. The summed E-state index contributed by atoms with van der Waals surface area (Å²) in [6.45, 7) is 2.63. The molecule has 0 spiro atoms. The highest BCUT2D eigenvalue weighted by atomic mass is 16.6. The van der Waals surface area contributed by atoms with Crippen molar-refractivity contribution in [2.45, 2.75) is 57.7 Å². The molecule has 5 atom stereocenters. The molecule has 5 rings (SSSR count). The van der Waals surface area contributed by atoms with E-state index in [1.54, 1.807) is 25.6 Å². The van der Waals surface area contributed by atoms with Crippen LogP contribution in [0.5, 0.6) is 11.5 Å². The van der Waals surface area contributed by atoms with Gasteiger partial charge in [-0.1, -0.05) is 12.1 Å². The van der Waals surface area contributed by atoms with Crippen LogP contribution in [-0.4, -0.2) is 34.1 Å². The largest absolute Gasteiger partial charge is 0.504 e. The predicted octanol–water partition coefficient (Wildman–Crippen LogP) is 4.39. The smallest absolute Gasteiger partial charge is 0.160 e. The van der Waals surface area contributed by atoms with E-state index in [0.717, 1.165) is 48.9 Å². The lowest BCUT2D eigenvalue weighted by Crippen LogP contribution is -2.45. The number of pyridine rings is 1. The molecule has 1 heterocycles. The van der Waals surface area contributed by atoms with Crippen molar-refractivity contribution < 1.29 is 19.8 Å². The quantitative estimate of drug-likeness (QED) is 0.714. The molecule has 1 aromatic carbocycles. The normalized spacial score (nSPS) is 32.8. The van der Waals surface area contributed by atoms with Crippen LogP contribution in [0.4, 0.5) is 0 Å². The van der Waals surface area contributed by atoms with E-state index in [0.29, 0.717) is 30.1 Å². The molecule has 1 aromatic heterocycles. The number of phenols is 1. The minimum Gasteiger partial charge on any atom is -0.504 e. The van der Waals surface area contributed by atoms with E-state index >= 15 is 0 Å². The van der Waals surface area contributed by atoms with Crippen molar-refractivity contribution in [1.29, 1.82) is 0 Å². The number of aromatic hydroxyl groups is 1. The highest BCUT2D eigenvalue weighted by Crippen LogP contribution is 2.61. The molecule has 2 N–H and O–H groups in total. The van der Waals surface area contributed by atoms with Crippen LogP contribution in [0, 0.1) is 17.3 Å². The maximum absolute atomic E-state index is 10.7. The Morgan fingerprint density at radius 2 is 2.00 bits per heavy atom. The molecule has 0 amide bonds. The monoisotopic (exact) mass is 422 g/mol. The number of ether oxygens (including phenoxy) is 1. The first-order valence-corrected chi connectivity index (χ1v) is 11.2. The van der Waals surface area contributed by atoms with Crippen LogP contribution in [0.1, 0.15) is 61.6 Å². The number of aliphatic hydroxyl groups is 1. The number of benzene rings is 1. The SMILES string of the molecule is COc1cc2c(cc1O)C(=NOCc1ccncc1)C[C@@H]1[C@@H]2CC[C@]2(C)C(O)CC[C@@H]12. The molecule has 1 unspecified atom stereocenters. The number of fused-ring (bicyclic) bond motifs is 5. The molecule has 0 radical (unpaired) electrons. The Hall–Kier alpha value is -2.60. The molecule has 6 nitrogen and oxygen atoms in total. The third-order valence-electron chi connectivity index (χ3n) is 8.03. The van der Waals surface area contributed by atoms with Gasteiger partial charge in [-0.05, 0) is 90.7 Å². The van der Waals surface area contributed by atoms with Crippen molar-refractivity contribution in [3.05, 3.63) is 53.3 Å². The van der Waals surface area contributed by atoms with E-state index in [9.17, 15) is 10.2 Å². The van der Waals surface area contributed by atoms with Crippen LogP contribution in [0.15, 0.2) is 41.8 Å². The van der Waals surface area contributed by atoms with Gasteiger partial charge in [0, 0.05) is 18.0 Å². The van der Waals surface area contributed by atoms with E-state index in [4.69, 9.17) is 9.57 Å². The fourth-order valence-electron chi connectivity index (χ4n) is 6.32. The Balaban J connectivity index is 1.51. The van der Waals surface area contributed by atoms with Gasteiger partial charge in [0.1, 0.15) is 6.61 Å². The first-order chi connectivity index (χ1) is 15.0. The predicted molar refractivity (Wildman–Crippen MR) is 117 cm³/mol. The zero-order valence-corrected chi connectivity index (χ0v) is 18.1. The van der Waals surface area contributed by atoms with Gasteiger partial charge in [0.05, 0.1) is 18.9 Å². The van der Waals surface area contributed by atoms with Gasteiger partial charge in [0.2, 0.25) is 0 Å². The minimum atomic E-state index is -0.225. The highest BCUT2D eigenvalue weighted by molar-refractivity contribution is 6.03. The number of hydrogen-bond acceptors (Lipinski definition) is 6. The lowest BCUT2D eigenvalue weighted by molar-refractivity contribution is -0.0180. The van der Waals surface area contributed by atoms with Crippen LogP contribution < -0.4 is 4.74 Å². The van der Waals surface area contributed by atoms with Crippen molar-refractivity contribution in [3.8, 4) is 11.5 Å². The van der Waals surface area contributed by atoms with Crippen molar-refractivity contribution in [2.75, 3.05) is 7.11 Å². The third kappa shape index (κ3) is 3.37. The summed E-state index contributed by atoms with van der Waals surface area (Å²) < 4.78 is 5.42. The number of hydrogen-bond donors (Lipinski definition) is 2. The third-order valence-corrected chi connectivity index (χ3v) is 8.03. The molecule has 164 valence electrons. The lowest BCUT2D eigenvalue weighted by Gasteiger charge is -2.50. The van der Waals surface area contributed by atoms with Crippen LogP contribution in [-0.2, 0) is 11.4 Å². The number of oxime groups is 1. The van der Waals surface area contributed by atoms with Gasteiger partial charge >= 0.3 is 0 Å². The van der Waals surface area contributed by atoms with E-state index in [1.807, 2.05) is 18.2 Å². The Labute approximate surface area is 182 Å². The molecule has 3 aliphatic rings. The summed E-state index contributed by atoms with van der Waals surface area (Å²) in [5, 5.41) is 25.7. The van der Waals surface area contributed by atoms with E-state index in [1.165, 1.54) is 5.56 Å². The van der Waals surface area contributed by atoms with Gasteiger partial charge in [0.25, 0.3) is 0 Å². The van der Waals surface area contributed by atoms with Gasteiger partial charge < -0.3 is 19.8 Å². The lowest BCUT2D eigenvalue weighted by atomic mass is 9.55. The first kappa shape index (κ1) is 20.3. The molecule has 6 heteroatoms. The number of rotatable bonds is 4. The first-order valence-electron chi connectivity index (χ1n) is 11.2. The highest BCUT2D eigenvalue weighted by Gasteiger charge is 2.55. The number of aromatic nitrogens is 1. The van der Waals surface area contributed by atoms with Gasteiger partial charge in [-0.2, -0.15) is 0 Å². The minimum absolute atomic E-state index is 0.0251. The van der Waals surface area contributed by atoms with Crippen molar-refractivity contribution in [2.24, 2.45) is 22.4 Å². The van der Waals surface area contributed by atoms with Gasteiger partial charge in [-0.15, -0.1) is 0 Å². The summed E-state index contributed by atoms with van der Waals surface area (Å²) in [6, 6.07) is 7.58. The average molecular weight is 423 g/mol. The Bertz CT molecular complexity index is 993. The van der Waals surface area contributed by atoms with Crippen LogP contribution in [0.3, 0.4) is 0 Å². The molecular formula is C25H30N2O4. The van der Waals surface area contributed by atoms with Crippen molar-refractivity contribution >= 4 is 5.71 Å². The summed E-state index contributed by atoms with van der Waals surface area (Å²) in [5.74, 6) is 1.86. The topological polar surface area (TPSA) is 84.2 Å². The number of nitrogens with zero attached hydrogens (tertiary/aromatic N) is 2. The maximum Gasteiger partial charge on any atom is 0.160 e.